The maximum atomic E-state index is 11.9. The van der Waals surface area contributed by atoms with Crippen molar-refractivity contribution < 1.29 is 14.3 Å². The average molecular weight is 391 g/mol. The van der Waals surface area contributed by atoms with Gasteiger partial charge in [0.1, 0.15) is 17.2 Å². The molecule has 8 heteroatoms. The van der Waals surface area contributed by atoms with E-state index in [0.29, 0.717) is 0 Å². The molecule has 3 N–H and O–H groups in total. The second-order valence-corrected chi connectivity index (χ2v) is 7.55. The number of carbonyl (C=O) groups is 2. The number of primary amides is 1. The number of nitrogens with one attached hydrogen (secondary N) is 1. The lowest BCUT2D eigenvalue weighted by Crippen LogP contribution is -2.28. The quantitative estimate of drug-likeness (QED) is 0.817. The molecule has 1 aromatic heterocycles. The highest BCUT2D eigenvalue weighted by Crippen LogP contribution is 2.32. The van der Waals surface area contributed by atoms with Gasteiger partial charge in [0.15, 0.2) is 0 Å². The summed E-state index contributed by atoms with van der Waals surface area (Å²) >= 11 is 0.968. The topological polar surface area (TPSA) is 97.6 Å². The number of nitrogens with zero attached hydrogens (tertiary/aromatic N) is 2. The first-order valence-electron chi connectivity index (χ1n) is 8.52. The molecular formula is C19H26N4O3S. The molecule has 0 spiro atoms. The van der Waals surface area contributed by atoms with Crippen LogP contribution in [-0.2, 0) is 6.61 Å². The molecule has 1 heterocycles. The van der Waals surface area contributed by atoms with Crippen LogP contribution in [0.1, 0.15) is 43.7 Å². The summed E-state index contributed by atoms with van der Waals surface area (Å²) in [4.78, 5) is 25.1. The molecule has 0 aliphatic heterocycles. The molecular weight excluding hydrogens is 364 g/mol. The summed E-state index contributed by atoms with van der Waals surface area (Å²) in [6.45, 7) is 10.7. The molecule has 2 aromatic rings. The Morgan fingerprint density at radius 3 is 2.04 bits per heavy atom. The molecule has 2 rings (SSSR count). The van der Waals surface area contributed by atoms with E-state index in [2.05, 4.69) is 44.3 Å². The molecule has 27 heavy (non-hydrogen) atoms. The lowest BCUT2D eigenvalue weighted by molar-refractivity contribution is 0.0996. The van der Waals surface area contributed by atoms with Gasteiger partial charge in [0.25, 0.3) is 5.91 Å². The third kappa shape index (κ3) is 4.05. The summed E-state index contributed by atoms with van der Waals surface area (Å²) < 4.78 is 10.0. The first kappa shape index (κ1) is 20.7. The smallest absolute Gasteiger partial charge is 0.321 e. The van der Waals surface area contributed by atoms with E-state index in [1.807, 2.05) is 0 Å². The van der Waals surface area contributed by atoms with Gasteiger partial charge in [-0.3, -0.25) is 10.1 Å². The summed E-state index contributed by atoms with van der Waals surface area (Å²) in [5, 5.41) is 2.90. The highest BCUT2D eigenvalue weighted by molar-refractivity contribution is 7.11. The van der Waals surface area contributed by atoms with Gasteiger partial charge in [-0.2, -0.15) is 4.37 Å². The highest BCUT2D eigenvalue weighted by atomic mass is 32.1. The zero-order chi connectivity index (χ0) is 20.5. The van der Waals surface area contributed by atoms with Crippen molar-refractivity contribution in [3.63, 3.8) is 0 Å². The summed E-state index contributed by atoms with van der Waals surface area (Å²) in [6, 6.07) is -0.371. The number of urea groups is 1. The van der Waals surface area contributed by atoms with E-state index >= 15 is 0 Å². The minimum Gasteiger partial charge on any atom is -0.472 e. The van der Waals surface area contributed by atoms with Crippen molar-refractivity contribution in [1.82, 2.24) is 9.27 Å². The van der Waals surface area contributed by atoms with Crippen LogP contribution in [0.3, 0.4) is 0 Å². The van der Waals surface area contributed by atoms with Crippen LogP contribution in [0.5, 0.6) is 5.88 Å². The molecule has 0 fully saturated rings. The molecule has 3 amide bonds. The number of amides is 3. The van der Waals surface area contributed by atoms with E-state index in [-0.39, 0.29) is 29.1 Å². The van der Waals surface area contributed by atoms with Crippen molar-refractivity contribution in [3.8, 4) is 5.88 Å². The summed E-state index contributed by atoms with van der Waals surface area (Å²) in [5.74, 6) is -0.561. The third-order valence-corrected chi connectivity index (χ3v) is 5.79. The minimum atomic E-state index is -0.697. The predicted octanol–water partition coefficient (Wildman–Crippen LogP) is 3.46. The Balaban J connectivity index is 2.33. The number of hydrogen-bond donors (Lipinski definition) is 2. The second kappa shape index (κ2) is 7.96. The average Bonchev–Trinajstić information content (AvgIpc) is 3.00. The van der Waals surface area contributed by atoms with Gasteiger partial charge in [0, 0.05) is 14.1 Å². The van der Waals surface area contributed by atoms with E-state index in [4.69, 9.17) is 10.5 Å². The molecule has 0 atom stereocenters. The van der Waals surface area contributed by atoms with Crippen LogP contribution in [-0.4, -0.2) is 35.3 Å². The summed E-state index contributed by atoms with van der Waals surface area (Å²) in [6.07, 6.45) is 0. The van der Waals surface area contributed by atoms with Gasteiger partial charge < -0.3 is 15.4 Å². The Bertz CT molecular complexity index is 874. The fraction of sp³-hybridized carbons (Fsp3) is 0.421. The number of benzene rings is 1. The Morgan fingerprint density at radius 2 is 1.56 bits per heavy atom. The van der Waals surface area contributed by atoms with E-state index in [0.717, 1.165) is 28.2 Å². The van der Waals surface area contributed by atoms with Crippen molar-refractivity contribution in [2.45, 2.75) is 41.2 Å². The summed E-state index contributed by atoms with van der Waals surface area (Å²) in [7, 11) is 3.21. The zero-order valence-corrected chi connectivity index (χ0v) is 17.6. The maximum Gasteiger partial charge on any atom is 0.321 e. The molecule has 0 radical (unpaired) electrons. The van der Waals surface area contributed by atoms with Crippen LogP contribution >= 0.6 is 11.5 Å². The molecule has 7 nitrogen and oxygen atoms in total. The van der Waals surface area contributed by atoms with Gasteiger partial charge >= 0.3 is 6.03 Å². The fourth-order valence-electron chi connectivity index (χ4n) is 2.82. The number of anilines is 1. The Labute approximate surface area is 163 Å². The van der Waals surface area contributed by atoms with Gasteiger partial charge in [0.2, 0.25) is 5.88 Å². The summed E-state index contributed by atoms with van der Waals surface area (Å²) in [5.41, 5.74) is 12.7. The predicted molar refractivity (Wildman–Crippen MR) is 108 cm³/mol. The maximum absolute atomic E-state index is 11.9. The molecule has 0 bridgehead atoms. The van der Waals surface area contributed by atoms with Crippen LogP contribution in [0.15, 0.2) is 0 Å². The van der Waals surface area contributed by atoms with E-state index in [1.54, 1.807) is 14.1 Å². The van der Waals surface area contributed by atoms with Crippen LogP contribution in [0.25, 0.3) is 0 Å². The minimum absolute atomic E-state index is 0.0889. The normalized spacial score (nSPS) is 10.6. The molecule has 146 valence electrons. The number of carbonyl (C=O) groups excluding carboxylic acids is 2. The van der Waals surface area contributed by atoms with E-state index in [9.17, 15) is 9.59 Å². The van der Waals surface area contributed by atoms with E-state index < -0.39 is 5.91 Å². The van der Waals surface area contributed by atoms with Crippen molar-refractivity contribution >= 4 is 28.5 Å². The third-order valence-electron chi connectivity index (χ3n) is 5.04. The lowest BCUT2D eigenvalue weighted by atomic mass is 9.90. The number of hydrogen-bond acceptors (Lipinski definition) is 5. The Hall–Kier alpha value is -2.61. The first-order valence-corrected chi connectivity index (χ1v) is 9.30. The number of rotatable bonds is 5. The molecule has 0 saturated carbocycles. The van der Waals surface area contributed by atoms with Crippen molar-refractivity contribution in [2.24, 2.45) is 5.73 Å². The first-order chi connectivity index (χ1) is 12.6. The van der Waals surface area contributed by atoms with Crippen LogP contribution in [0.2, 0.25) is 0 Å². The van der Waals surface area contributed by atoms with Crippen LogP contribution in [0.4, 0.5) is 9.80 Å². The largest absolute Gasteiger partial charge is 0.472 e. The second-order valence-electron chi connectivity index (χ2n) is 6.77. The van der Waals surface area contributed by atoms with Crippen LogP contribution in [0, 0.1) is 34.6 Å². The molecule has 0 aliphatic carbocycles. The Kier molecular flexibility index (Phi) is 6.10. The van der Waals surface area contributed by atoms with Gasteiger partial charge in [-0.1, -0.05) is 0 Å². The molecule has 1 aromatic carbocycles. The molecule has 0 saturated heterocycles. The molecule has 0 unspecified atom stereocenters. The van der Waals surface area contributed by atoms with Crippen molar-refractivity contribution in [3.05, 3.63) is 38.9 Å². The van der Waals surface area contributed by atoms with Crippen LogP contribution < -0.4 is 15.8 Å². The van der Waals surface area contributed by atoms with Gasteiger partial charge in [-0.15, -0.1) is 0 Å². The van der Waals surface area contributed by atoms with Crippen molar-refractivity contribution in [2.75, 3.05) is 19.4 Å². The number of aromatic nitrogens is 1. The zero-order valence-electron chi connectivity index (χ0n) is 16.8. The number of ether oxygens (including phenoxy) is 1. The lowest BCUT2D eigenvalue weighted by Gasteiger charge is -2.18. The van der Waals surface area contributed by atoms with Crippen molar-refractivity contribution in [1.29, 1.82) is 0 Å². The highest BCUT2D eigenvalue weighted by Gasteiger charge is 2.23. The Morgan fingerprint density at radius 1 is 1.04 bits per heavy atom. The monoisotopic (exact) mass is 390 g/mol. The number of nitrogens with two attached hydrogens (primary N) is 1. The molecule has 0 aliphatic rings. The van der Waals surface area contributed by atoms with Gasteiger partial charge in [-0.05, 0) is 79.5 Å². The van der Waals surface area contributed by atoms with Gasteiger partial charge in [-0.25, -0.2) is 4.79 Å². The SMILES string of the molecule is Cc1c(C)c(C)c(COc2nsc(NC(=O)N(C)C)c2C(N)=O)c(C)c1C. The van der Waals surface area contributed by atoms with E-state index in [1.165, 1.54) is 21.6 Å². The fourth-order valence-corrected chi connectivity index (χ4v) is 3.55. The standard InChI is InChI=1S/C19H26N4O3S/c1-9-10(2)12(4)14(13(5)11(9)3)8-26-17-15(16(20)24)18(27-22-17)21-19(25)23(6)7/h8H2,1-7H3,(H2,20,24)(H,21,25). The van der Waals surface area contributed by atoms with Gasteiger partial charge in [0.05, 0.1) is 0 Å².